The molecule has 2 heterocycles. The zero-order valence-electron chi connectivity index (χ0n) is 14.8. The summed E-state index contributed by atoms with van der Waals surface area (Å²) < 4.78 is 15.5. The van der Waals surface area contributed by atoms with E-state index in [1.807, 2.05) is 48.5 Å². The molecule has 0 fully saturated rings. The SMILES string of the molecule is COc1ccc(-c2nc(CCl)c(-c3ccc(OC)cc3)c3nonc23)cc1. The maximum Gasteiger partial charge on any atom is 0.162 e. The lowest BCUT2D eigenvalue weighted by atomic mass is 10.00. The van der Waals surface area contributed by atoms with E-state index in [4.69, 9.17) is 30.7 Å². The number of halogens is 1. The highest BCUT2D eigenvalue weighted by atomic mass is 35.5. The lowest BCUT2D eigenvalue weighted by molar-refractivity contribution is 0.315. The van der Waals surface area contributed by atoms with E-state index in [1.165, 1.54) is 0 Å². The molecule has 0 aliphatic carbocycles. The predicted octanol–water partition coefficient (Wildman–Crippen LogP) is 4.71. The largest absolute Gasteiger partial charge is 0.497 e. The van der Waals surface area contributed by atoms with Gasteiger partial charge in [-0.05, 0) is 52.3 Å². The number of alkyl halides is 1. The van der Waals surface area contributed by atoms with Crippen LogP contribution >= 0.6 is 11.6 Å². The van der Waals surface area contributed by atoms with Gasteiger partial charge in [-0.1, -0.05) is 12.1 Å². The van der Waals surface area contributed by atoms with E-state index in [9.17, 15) is 0 Å². The molecular formula is C20H16ClN3O3. The monoisotopic (exact) mass is 381 g/mol. The lowest BCUT2D eigenvalue weighted by Gasteiger charge is -2.11. The first-order chi connectivity index (χ1) is 13.2. The average Bonchev–Trinajstić information content (AvgIpc) is 3.22. The number of pyridine rings is 1. The van der Waals surface area contributed by atoms with E-state index in [0.717, 1.165) is 28.2 Å². The van der Waals surface area contributed by atoms with Gasteiger partial charge in [-0.3, -0.25) is 0 Å². The molecule has 4 rings (SSSR count). The van der Waals surface area contributed by atoms with Crippen molar-refractivity contribution in [3.8, 4) is 33.9 Å². The third kappa shape index (κ3) is 3.08. The van der Waals surface area contributed by atoms with E-state index >= 15 is 0 Å². The summed E-state index contributed by atoms with van der Waals surface area (Å²) in [6.45, 7) is 0. The number of fused-ring (bicyclic) bond motifs is 1. The summed E-state index contributed by atoms with van der Waals surface area (Å²) in [5.41, 5.74) is 5.18. The van der Waals surface area contributed by atoms with E-state index in [2.05, 4.69) is 10.3 Å². The fourth-order valence-corrected chi connectivity index (χ4v) is 3.19. The second-order valence-corrected chi connectivity index (χ2v) is 6.10. The van der Waals surface area contributed by atoms with Crippen LogP contribution in [0.4, 0.5) is 0 Å². The van der Waals surface area contributed by atoms with Crippen LogP contribution in [-0.2, 0) is 5.88 Å². The zero-order chi connectivity index (χ0) is 18.8. The summed E-state index contributed by atoms with van der Waals surface area (Å²) in [4.78, 5) is 4.77. The molecule has 136 valence electrons. The molecule has 2 aromatic carbocycles. The number of ether oxygens (including phenoxy) is 2. The highest BCUT2D eigenvalue weighted by molar-refractivity contribution is 6.18. The minimum atomic E-state index is 0.229. The molecule has 0 amide bonds. The smallest absolute Gasteiger partial charge is 0.162 e. The van der Waals surface area contributed by atoms with Gasteiger partial charge in [0.25, 0.3) is 0 Å². The summed E-state index contributed by atoms with van der Waals surface area (Å²) in [5, 5.41) is 8.21. The summed E-state index contributed by atoms with van der Waals surface area (Å²) in [7, 11) is 3.26. The Hall–Kier alpha value is -3.12. The van der Waals surface area contributed by atoms with Gasteiger partial charge < -0.3 is 9.47 Å². The lowest BCUT2D eigenvalue weighted by Crippen LogP contribution is -1.97. The van der Waals surface area contributed by atoms with Crippen LogP contribution in [0, 0.1) is 0 Å². The van der Waals surface area contributed by atoms with Crippen molar-refractivity contribution in [2.24, 2.45) is 0 Å². The Kier molecular flexibility index (Phi) is 4.64. The van der Waals surface area contributed by atoms with Crippen molar-refractivity contribution in [2.45, 2.75) is 5.88 Å². The first-order valence-electron chi connectivity index (χ1n) is 8.25. The van der Waals surface area contributed by atoms with Crippen LogP contribution in [0.3, 0.4) is 0 Å². The topological polar surface area (TPSA) is 70.3 Å². The minimum absolute atomic E-state index is 0.229. The van der Waals surface area contributed by atoms with Crippen molar-refractivity contribution in [1.82, 2.24) is 15.3 Å². The molecule has 0 aliphatic heterocycles. The van der Waals surface area contributed by atoms with Crippen LogP contribution in [0.15, 0.2) is 53.2 Å². The third-order valence-electron chi connectivity index (χ3n) is 4.35. The molecule has 7 heteroatoms. The van der Waals surface area contributed by atoms with Crippen molar-refractivity contribution >= 4 is 22.6 Å². The number of nitrogens with zero attached hydrogens (tertiary/aromatic N) is 3. The van der Waals surface area contributed by atoms with Gasteiger partial charge >= 0.3 is 0 Å². The summed E-state index contributed by atoms with van der Waals surface area (Å²) >= 11 is 6.23. The second-order valence-electron chi connectivity index (χ2n) is 5.83. The fourth-order valence-electron chi connectivity index (χ4n) is 3.00. The average molecular weight is 382 g/mol. The van der Waals surface area contributed by atoms with E-state index in [0.29, 0.717) is 22.4 Å². The van der Waals surface area contributed by atoms with Crippen LogP contribution < -0.4 is 9.47 Å². The highest BCUT2D eigenvalue weighted by Crippen LogP contribution is 2.36. The molecular weight excluding hydrogens is 366 g/mol. The molecule has 0 saturated heterocycles. The molecule has 2 aromatic heterocycles. The molecule has 0 bridgehead atoms. The molecule has 0 N–H and O–H groups in total. The molecule has 0 spiro atoms. The van der Waals surface area contributed by atoms with E-state index in [1.54, 1.807) is 14.2 Å². The Labute approximate surface area is 160 Å². The van der Waals surface area contributed by atoms with Crippen LogP contribution in [-0.4, -0.2) is 29.5 Å². The minimum Gasteiger partial charge on any atom is -0.497 e. The number of benzene rings is 2. The molecule has 27 heavy (non-hydrogen) atoms. The van der Waals surface area contributed by atoms with E-state index in [-0.39, 0.29) is 5.88 Å². The van der Waals surface area contributed by atoms with Crippen molar-refractivity contribution in [1.29, 1.82) is 0 Å². The number of hydrogen-bond acceptors (Lipinski definition) is 6. The Morgan fingerprint density at radius 1 is 0.815 bits per heavy atom. The summed E-state index contributed by atoms with van der Waals surface area (Å²) in [5.74, 6) is 1.76. The Morgan fingerprint density at radius 3 is 1.93 bits per heavy atom. The normalized spacial score (nSPS) is 10.9. The standard InChI is InChI=1S/C20H16ClN3O3/c1-25-14-7-3-12(4-8-14)17-16(11-21)22-18(20-19(17)23-27-24-20)13-5-9-15(26-2)10-6-13/h3-10H,11H2,1-2H3. The highest BCUT2D eigenvalue weighted by Gasteiger charge is 2.20. The molecule has 4 aromatic rings. The Morgan fingerprint density at radius 2 is 1.37 bits per heavy atom. The maximum atomic E-state index is 6.23. The van der Waals surface area contributed by atoms with Crippen molar-refractivity contribution < 1.29 is 14.1 Å². The number of methoxy groups -OCH3 is 2. The molecule has 0 aliphatic rings. The van der Waals surface area contributed by atoms with Gasteiger partial charge in [0.1, 0.15) is 22.7 Å². The molecule has 0 unspecified atom stereocenters. The van der Waals surface area contributed by atoms with Crippen molar-refractivity contribution in [3.05, 3.63) is 54.2 Å². The second kappa shape index (κ2) is 7.25. The molecule has 0 atom stereocenters. The number of hydrogen-bond donors (Lipinski definition) is 0. The first kappa shape index (κ1) is 17.3. The molecule has 0 radical (unpaired) electrons. The fraction of sp³-hybridized carbons (Fsp3) is 0.150. The number of aromatic nitrogens is 3. The third-order valence-corrected chi connectivity index (χ3v) is 4.61. The predicted molar refractivity (Wildman–Crippen MR) is 103 cm³/mol. The summed E-state index contributed by atoms with van der Waals surface area (Å²) in [6, 6.07) is 15.2. The van der Waals surface area contributed by atoms with Gasteiger partial charge in [-0.25, -0.2) is 9.61 Å². The van der Waals surface area contributed by atoms with Gasteiger partial charge in [0.05, 0.1) is 25.8 Å². The van der Waals surface area contributed by atoms with Crippen LogP contribution in [0.25, 0.3) is 33.4 Å². The molecule has 6 nitrogen and oxygen atoms in total. The first-order valence-corrected chi connectivity index (χ1v) is 8.78. The Bertz CT molecular complexity index is 1080. The van der Waals surface area contributed by atoms with Crippen molar-refractivity contribution in [2.75, 3.05) is 14.2 Å². The van der Waals surface area contributed by atoms with Crippen LogP contribution in [0.5, 0.6) is 11.5 Å². The van der Waals surface area contributed by atoms with Gasteiger partial charge in [-0.15, -0.1) is 11.6 Å². The van der Waals surface area contributed by atoms with Gasteiger partial charge in [0, 0.05) is 11.1 Å². The van der Waals surface area contributed by atoms with Gasteiger partial charge in [-0.2, -0.15) is 0 Å². The van der Waals surface area contributed by atoms with E-state index < -0.39 is 0 Å². The number of rotatable bonds is 5. The van der Waals surface area contributed by atoms with Gasteiger partial charge in [0.15, 0.2) is 5.52 Å². The van der Waals surface area contributed by atoms with Crippen LogP contribution in [0.2, 0.25) is 0 Å². The van der Waals surface area contributed by atoms with Crippen LogP contribution in [0.1, 0.15) is 5.69 Å². The zero-order valence-corrected chi connectivity index (χ0v) is 15.5. The maximum absolute atomic E-state index is 6.23. The van der Waals surface area contributed by atoms with Crippen molar-refractivity contribution in [3.63, 3.8) is 0 Å². The van der Waals surface area contributed by atoms with Gasteiger partial charge in [0.2, 0.25) is 0 Å². The molecule has 0 saturated carbocycles. The summed E-state index contributed by atoms with van der Waals surface area (Å²) in [6.07, 6.45) is 0. The Balaban J connectivity index is 1.92. The quantitative estimate of drug-likeness (QED) is 0.466.